The zero-order valence-corrected chi connectivity index (χ0v) is 13.0. The topological polar surface area (TPSA) is 105 Å². The molecule has 0 aliphatic carbocycles. The van der Waals surface area contributed by atoms with Crippen molar-refractivity contribution in [2.24, 2.45) is 0 Å². The maximum Gasteiger partial charge on any atom is 0.203 e. The van der Waals surface area contributed by atoms with Crippen LogP contribution in [-0.2, 0) is 4.74 Å². The average molecular weight is 332 g/mol. The molecule has 2 aromatic rings. The summed E-state index contributed by atoms with van der Waals surface area (Å²) in [6.07, 6.45) is -1.79. The summed E-state index contributed by atoms with van der Waals surface area (Å²) in [6, 6.07) is 7.36. The maximum absolute atomic E-state index is 12.7. The van der Waals surface area contributed by atoms with Crippen molar-refractivity contribution in [1.29, 1.82) is 0 Å². The number of Topliss-reactive ketones (excluding diaryl/α,β-unsaturated/α-hetero) is 1. The van der Waals surface area contributed by atoms with Gasteiger partial charge in [-0.25, -0.2) is 0 Å². The monoisotopic (exact) mass is 332 g/mol. The Morgan fingerprint density at radius 3 is 2.33 bits per heavy atom. The third-order valence-corrected chi connectivity index (χ3v) is 3.91. The van der Waals surface area contributed by atoms with Gasteiger partial charge < -0.3 is 29.5 Å². The van der Waals surface area contributed by atoms with Gasteiger partial charge >= 0.3 is 0 Å². The summed E-state index contributed by atoms with van der Waals surface area (Å²) in [7, 11) is 2.63. The van der Waals surface area contributed by atoms with E-state index in [1.165, 1.54) is 32.4 Å². The highest BCUT2D eigenvalue weighted by atomic mass is 16.5. The second-order valence-corrected chi connectivity index (χ2v) is 5.30. The number of hydrogen-bond donors (Lipinski definition) is 3. The van der Waals surface area contributed by atoms with Crippen LogP contribution in [0.4, 0.5) is 0 Å². The third-order valence-electron chi connectivity index (χ3n) is 3.91. The minimum Gasteiger partial charge on any atom is -0.508 e. The molecule has 0 spiro atoms. The molecule has 0 radical (unpaired) electrons. The van der Waals surface area contributed by atoms with Crippen LogP contribution in [-0.4, -0.2) is 41.4 Å². The Labute approximate surface area is 137 Å². The Hall–Kier alpha value is -2.93. The predicted octanol–water partition coefficient (Wildman–Crippen LogP) is 2.14. The molecule has 1 heterocycles. The molecule has 3 rings (SSSR count). The number of phenolic OH excluding ortho intramolecular Hbond substituents is 3. The van der Waals surface area contributed by atoms with Crippen LogP contribution in [0.1, 0.15) is 22.0 Å². The molecule has 3 N–H and O–H groups in total. The van der Waals surface area contributed by atoms with E-state index in [-0.39, 0.29) is 28.6 Å². The first-order chi connectivity index (χ1) is 11.5. The van der Waals surface area contributed by atoms with Gasteiger partial charge in [-0.3, -0.25) is 4.79 Å². The Balaban J connectivity index is 2.12. The van der Waals surface area contributed by atoms with Crippen molar-refractivity contribution in [3.05, 3.63) is 41.5 Å². The largest absolute Gasteiger partial charge is 0.508 e. The van der Waals surface area contributed by atoms with Crippen LogP contribution in [0.5, 0.6) is 28.7 Å². The lowest BCUT2D eigenvalue weighted by molar-refractivity contribution is -0.00118. The van der Waals surface area contributed by atoms with Crippen LogP contribution < -0.4 is 9.47 Å². The van der Waals surface area contributed by atoms with Crippen LogP contribution >= 0.6 is 0 Å². The van der Waals surface area contributed by atoms with E-state index in [1.807, 2.05) is 0 Å². The summed E-state index contributed by atoms with van der Waals surface area (Å²) in [4.78, 5) is 12.7. The average Bonchev–Trinajstić information content (AvgIpc) is 2.55. The number of aromatic hydroxyl groups is 3. The van der Waals surface area contributed by atoms with E-state index in [0.29, 0.717) is 5.56 Å². The number of carbonyl (C=O) groups is 1. The number of methoxy groups -OCH3 is 2. The van der Waals surface area contributed by atoms with Gasteiger partial charge in [-0.05, 0) is 17.7 Å². The van der Waals surface area contributed by atoms with Gasteiger partial charge in [0.15, 0.2) is 23.7 Å². The first kappa shape index (κ1) is 15.9. The lowest BCUT2D eigenvalue weighted by atomic mass is 9.92. The fourth-order valence-electron chi connectivity index (χ4n) is 2.76. The van der Waals surface area contributed by atoms with Crippen LogP contribution in [0.3, 0.4) is 0 Å². The second kappa shape index (κ2) is 5.93. The van der Waals surface area contributed by atoms with Gasteiger partial charge in [0.05, 0.1) is 7.11 Å². The quantitative estimate of drug-likeness (QED) is 0.791. The second-order valence-electron chi connectivity index (χ2n) is 5.30. The molecule has 2 unspecified atom stereocenters. The van der Waals surface area contributed by atoms with Gasteiger partial charge in [0.1, 0.15) is 17.1 Å². The van der Waals surface area contributed by atoms with E-state index >= 15 is 0 Å². The number of phenols is 3. The van der Waals surface area contributed by atoms with Crippen molar-refractivity contribution < 1.29 is 34.3 Å². The molecule has 24 heavy (non-hydrogen) atoms. The lowest BCUT2D eigenvalue weighted by Crippen LogP contribution is -2.37. The minimum absolute atomic E-state index is 0.0298. The number of hydrogen-bond acceptors (Lipinski definition) is 7. The molecule has 0 aromatic heterocycles. The number of fused-ring (bicyclic) bond motifs is 1. The van der Waals surface area contributed by atoms with Gasteiger partial charge in [-0.15, -0.1) is 0 Å². The van der Waals surface area contributed by atoms with Crippen LogP contribution in [0, 0.1) is 0 Å². The summed E-state index contributed by atoms with van der Waals surface area (Å²) in [5.41, 5.74) is 0.500. The molecule has 0 fully saturated rings. The number of rotatable bonds is 3. The fraction of sp³-hybridized carbons (Fsp3) is 0.235. The van der Waals surface area contributed by atoms with Gasteiger partial charge in [-0.1, -0.05) is 12.1 Å². The third kappa shape index (κ3) is 2.39. The first-order valence-corrected chi connectivity index (χ1v) is 7.13. The Morgan fingerprint density at radius 2 is 1.75 bits per heavy atom. The van der Waals surface area contributed by atoms with Crippen molar-refractivity contribution in [2.45, 2.75) is 12.2 Å². The predicted molar refractivity (Wildman–Crippen MR) is 82.9 cm³/mol. The minimum atomic E-state index is -0.998. The van der Waals surface area contributed by atoms with E-state index in [1.54, 1.807) is 12.1 Å². The van der Waals surface area contributed by atoms with Gasteiger partial charge in [-0.2, -0.15) is 0 Å². The van der Waals surface area contributed by atoms with Crippen molar-refractivity contribution in [1.82, 2.24) is 0 Å². The van der Waals surface area contributed by atoms with Crippen LogP contribution in [0.2, 0.25) is 0 Å². The number of ketones is 1. The zero-order chi connectivity index (χ0) is 17.4. The summed E-state index contributed by atoms with van der Waals surface area (Å²) in [5, 5.41) is 29.5. The number of benzene rings is 2. The van der Waals surface area contributed by atoms with E-state index in [2.05, 4.69) is 0 Å². The Kier molecular flexibility index (Phi) is 3.94. The smallest absolute Gasteiger partial charge is 0.203 e. The molecule has 2 atom stereocenters. The number of ether oxygens (including phenoxy) is 3. The van der Waals surface area contributed by atoms with Crippen molar-refractivity contribution in [3.8, 4) is 28.7 Å². The summed E-state index contributed by atoms with van der Waals surface area (Å²) < 4.78 is 16.0. The van der Waals surface area contributed by atoms with Crippen molar-refractivity contribution >= 4 is 5.78 Å². The highest BCUT2D eigenvalue weighted by Gasteiger charge is 2.41. The van der Waals surface area contributed by atoms with Gasteiger partial charge in [0.25, 0.3) is 0 Å². The molecular formula is C17H16O7. The normalized spacial score (nSPS) is 19.5. The summed E-state index contributed by atoms with van der Waals surface area (Å²) in [6.45, 7) is 0. The van der Waals surface area contributed by atoms with Crippen molar-refractivity contribution in [3.63, 3.8) is 0 Å². The molecule has 2 aromatic carbocycles. The Morgan fingerprint density at radius 1 is 1.08 bits per heavy atom. The van der Waals surface area contributed by atoms with Crippen molar-refractivity contribution in [2.75, 3.05) is 14.2 Å². The molecule has 0 saturated carbocycles. The lowest BCUT2D eigenvalue weighted by Gasteiger charge is -2.32. The summed E-state index contributed by atoms with van der Waals surface area (Å²) in [5.74, 6) is -1.43. The van der Waals surface area contributed by atoms with Crippen LogP contribution in [0.15, 0.2) is 30.3 Å². The number of carbonyl (C=O) groups excluding carboxylic acids is 1. The molecule has 1 aliphatic rings. The van der Waals surface area contributed by atoms with E-state index < -0.39 is 23.7 Å². The SMILES string of the molecule is COc1c(O)cc2c(c1O)C(=O)C(OC)C(c1ccc(O)cc1)O2. The maximum atomic E-state index is 12.7. The highest BCUT2D eigenvalue weighted by molar-refractivity contribution is 6.06. The molecule has 0 saturated heterocycles. The molecule has 7 nitrogen and oxygen atoms in total. The molecule has 0 amide bonds. The fourth-order valence-corrected chi connectivity index (χ4v) is 2.76. The Bertz CT molecular complexity index is 783. The standard InChI is InChI=1S/C17H16O7/c1-22-16-10(19)7-11-12(13(16)20)14(21)17(23-2)15(24-11)8-3-5-9(18)6-4-8/h3-7,15,17-20H,1-2H3. The van der Waals surface area contributed by atoms with Gasteiger partial charge in [0, 0.05) is 13.2 Å². The molecule has 1 aliphatic heterocycles. The molecular weight excluding hydrogens is 316 g/mol. The van der Waals surface area contributed by atoms with Gasteiger partial charge in [0.2, 0.25) is 11.5 Å². The molecule has 7 heteroatoms. The highest BCUT2D eigenvalue weighted by Crippen LogP contribution is 2.48. The van der Waals surface area contributed by atoms with E-state index in [0.717, 1.165) is 0 Å². The summed E-state index contributed by atoms with van der Waals surface area (Å²) >= 11 is 0. The first-order valence-electron chi connectivity index (χ1n) is 7.13. The molecule has 126 valence electrons. The molecule has 0 bridgehead atoms. The van der Waals surface area contributed by atoms with E-state index in [9.17, 15) is 20.1 Å². The zero-order valence-electron chi connectivity index (χ0n) is 13.0. The van der Waals surface area contributed by atoms with E-state index in [4.69, 9.17) is 14.2 Å². The van der Waals surface area contributed by atoms with Crippen LogP contribution in [0.25, 0.3) is 0 Å².